The molecule has 0 spiro atoms. The Kier molecular flexibility index (Phi) is 6.98. The maximum atomic E-state index is 13.2. The van der Waals surface area contributed by atoms with E-state index in [1.807, 2.05) is 11.8 Å². The van der Waals surface area contributed by atoms with E-state index in [4.69, 9.17) is 0 Å². The summed E-state index contributed by atoms with van der Waals surface area (Å²) in [5.41, 5.74) is 0.149. The van der Waals surface area contributed by atoms with Crippen LogP contribution in [0.2, 0.25) is 0 Å². The average molecular weight is 390 g/mol. The molecule has 2 heterocycles. The standard InChI is InChI=1S/C24H39NO3/c1-17-12-10-8-6-4-5-7-9-11-13-18(16-26)14-20(27)22-21-19(24(21,2)3)15-25(22)23(17)28/h16-19,21-22H,4-15H2,1-3H3/t17-,18+,19?,21?,22+/m0/s1. The molecule has 1 amide bonds. The number of amides is 1. The van der Waals surface area contributed by atoms with Crippen LogP contribution in [-0.4, -0.2) is 35.5 Å². The normalized spacial score (nSPS) is 37.7. The molecule has 3 rings (SSSR count). The zero-order valence-electron chi connectivity index (χ0n) is 18.1. The third-order valence-corrected chi connectivity index (χ3v) is 7.86. The van der Waals surface area contributed by atoms with Crippen molar-refractivity contribution in [3.8, 4) is 0 Å². The summed E-state index contributed by atoms with van der Waals surface area (Å²) < 4.78 is 0. The van der Waals surface area contributed by atoms with Gasteiger partial charge in [-0.1, -0.05) is 72.1 Å². The fraction of sp³-hybridized carbons (Fsp3) is 0.875. The summed E-state index contributed by atoms with van der Waals surface area (Å²) in [6.45, 7) is 7.20. The first kappa shape index (κ1) is 21.5. The molecule has 0 N–H and O–H groups in total. The van der Waals surface area contributed by atoms with Crippen molar-refractivity contribution in [1.29, 1.82) is 0 Å². The number of hydrogen-bond acceptors (Lipinski definition) is 3. The van der Waals surface area contributed by atoms with Gasteiger partial charge in [0.05, 0.1) is 6.04 Å². The van der Waals surface area contributed by atoms with E-state index in [1.54, 1.807) is 0 Å². The number of Topliss-reactive ketones (excluding diaryl/α,β-unsaturated/α-hetero) is 1. The Balaban J connectivity index is 1.73. The third-order valence-electron chi connectivity index (χ3n) is 7.86. The van der Waals surface area contributed by atoms with Crippen LogP contribution in [0.15, 0.2) is 0 Å². The van der Waals surface area contributed by atoms with Gasteiger partial charge in [-0.3, -0.25) is 9.59 Å². The molecule has 3 aliphatic rings. The molecule has 4 nitrogen and oxygen atoms in total. The predicted octanol–water partition coefficient (Wildman–Crippen LogP) is 4.79. The van der Waals surface area contributed by atoms with Crippen molar-refractivity contribution in [3.63, 3.8) is 0 Å². The molecule has 2 saturated heterocycles. The molecule has 0 radical (unpaired) electrons. The van der Waals surface area contributed by atoms with Gasteiger partial charge < -0.3 is 9.69 Å². The molecular weight excluding hydrogens is 350 g/mol. The lowest BCUT2D eigenvalue weighted by atomic mass is 9.90. The van der Waals surface area contributed by atoms with Gasteiger partial charge in [0, 0.05) is 24.8 Å². The monoisotopic (exact) mass is 389 g/mol. The second-order valence-corrected chi connectivity index (χ2v) is 10.3. The first-order valence-electron chi connectivity index (χ1n) is 11.7. The minimum Gasteiger partial charge on any atom is -0.332 e. The lowest BCUT2D eigenvalue weighted by Gasteiger charge is -2.32. The Morgan fingerprint density at radius 1 is 0.929 bits per heavy atom. The fourth-order valence-corrected chi connectivity index (χ4v) is 5.80. The minimum absolute atomic E-state index is 0.00605. The quantitative estimate of drug-likeness (QED) is 0.606. The summed E-state index contributed by atoms with van der Waals surface area (Å²) in [7, 11) is 0. The molecule has 4 heteroatoms. The molecule has 0 aromatic heterocycles. The number of ketones is 1. The van der Waals surface area contributed by atoms with Crippen molar-refractivity contribution in [1.82, 2.24) is 4.90 Å². The molecule has 0 aromatic carbocycles. The molecule has 2 aliphatic heterocycles. The molecule has 0 aromatic rings. The van der Waals surface area contributed by atoms with Crippen LogP contribution in [0.3, 0.4) is 0 Å². The lowest BCUT2D eigenvalue weighted by molar-refractivity contribution is -0.143. The highest BCUT2D eigenvalue weighted by Crippen LogP contribution is 2.65. The second kappa shape index (κ2) is 9.09. The number of carbonyl (C=O) groups is 3. The smallest absolute Gasteiger partial charge is 0.226 e. The SMILES string of the molecule is C[C@H]1CCCCCCCCCC[C@@H](C=O)CC(=O)[C@@H]2C3C(CN2C1=O)C3(C)C. The molecular formula is C24H39NO3. The van der Waals surface area contributed by atoms with E-state index in [1.165, 1.54) is 32.1 Å². The second-order valence-electron chi connectivity index (χ2n) is 10.3. The molecule has 1 aliphatic carbocycles. The van der Waals surface area contributed by atoms with E-state index in [2.05, 4.69) is 13.8 Å². The van der Waals surface area contributed by atoms with E-state index in [-0.39, 0.29) is 40.9 Å². The maximum Gasteiger partial charge on any atom is 0.226 e. The van der Waals surface area contributed by atoms with Crippen LogP contribution in [0.1, 0.15) is 91.4 Å². The molecule has 158 valence electrons. The molecule has 5 atom stereocenters. The van der Waals surface area contributed by atoms with Crippen molar-refractivity contribution in [2.24, 2.45) is 29.1 Å². The van der Waals surface area contributed by atoms with Gasteiger partial charge in [-0.2, -0.15) is 0 Å². The highest BCUT2D eigenvalue weighted by Gasteiger charge is 2.69. The number of nitrogens with zero attached hydrogens (tertiary/aromatic N) is 1. The predicted molar refractivity (Wildman–Crippen MR) is 111 cm³/mol. The lowest BCUT2D eigenvalue weighted by Crippen LogP contribution is -2.47. The van der Waals surface area contributed by atoms with Crippen molar-refractivity contribution in [2.75, 3.05) is 6.54 Å². The molecule has 1 saturated carbocycles. The van der Waals surface area contributed by atoms with Gasteiger partial charge in [-0.05, 0) is 30.1 Å². The first-order chi connectivity index (χ1) is 13.4. The fourth-order valence-electron chi connectivity index (χ4n) is 5.80. The summed E-state index contributed by atoms with van der Waals surface area (Å²) in [6.07, 6.45) is 12.5. The van der Waals surface area contributed by atoms with E-state index in [0.717, 1.165) is 44.9 Å². The van der Waals surface area contributed by atoms with Crippen LogP contribution in [0.5, 0.6) is 0 Å². The van der Waals surface area contributed by atoms with Crippen LogP contribution in [0, 0.1) is 29.1 Å². The Morgan fingerprint density at radius 2 is 1.50 bits per heavy atom. The summed E-state index contributed by atoms with van der Waals surface area (Å²) in [4.78, 5) is 39.9. The highest BCUT2D eigenvalue weighted by molar-refractivity contribution is 5.92. The van der Waals surface area contributed by atoms with Crippen LogP contribution >= 0.6 is 0 Å². The number of hydrogen-bond donors (Lipinski definition) is 0. The summed E-state index contributed by atoms with van der Waals surface area (Å²) in [5.74, 6) is 0.823. The van der Waals surface area contributed by atoms with Crippen molar-refractivity contribution in [3.05, 3.63) is 0 Å². The van der Waals surface area contributed by atoms with Gasteiger partial charge >= 0.3 is 0 Å². The average Bonchev–Trinajstić information content (AvgIpc) is 3.02. The van der Waals surface area contributed by atoms with Gasteiger partial charge in [0.15, 0.2) is 5.78 Å². The largest absolute Gasteiger partial charge is 0.332 e. The van der Waals surface area contributed by atoms with Crippen molar-refractivity contribution < 1.29 is 14.4 Å². The Bertz CT molecular complexity index is 584. The number of fused-ring (bicyclic) bond motifs is 3. The summed E-state index contributed by atoms with van der Waals surface area (Å²) >= 11 is 0. The van der Waals surface area contributed by atoms with Crippen LogP contribution in [0.4, 0.5) is 0 Å². The number of piperidine rings is 1. The molecule has 3 fully saturated rings. The molecule has 28 heavy (non-hydrogen) atoms. The Hall–Kier alpha value is -1.19. The van der Waals surface area contributed by atoms with E-state index >= 15 is 0 Å². The Labute approximate surface area is 170 Å². The van der Waals surface area contributed by atoms with Gasteiger partial charge in [0.1, 0.15) is 6.29 Å². The maximum absolute atomic E-state index is 13.2. The van der Waals surface area contributed by atoms with Crippen molar-refractivity contribution >= 4 is 18.0 Å². The zero-order valence-corrected chi connectivity index (χ0v) is 18.1. The van der Waals surface area contributed by atoms with Gasteiger partial charge in [0.2, 0.25) is 5.91 Å². The Morgan fingerprint density at radius 3 is 2.11 bits per heavy atom. The van der Waals surface area contributed by atoms with Gasteiger partial charge in [-0.15, -0.1) is 0 Å². The minimum atomic E-state index is -0.298. The van der Waals surface area contributed by atoms with Gasteiger partial charge in [-0.25, -0.2) is 0 Å². The summed E-state index contributed by atoms with van der Waals surface area (Å²) in [5, 5.41) is 0. The van der Waals surface area contributed by atoms with Crippen LogP contribution in [-0.2, 0) is 14.4 Å². The van der Waals surface area contributed by atoms with E-state index < -0.39 is 0 Å². The van der Waals surface area contributed by atoms with Crippen LogP contribution < -0.4 is 0 Å². The van der Waals surface area contributed by atoms with Crippen LogP contribution in [0.25, 0.3) is 0 Å². The van der Waals surface area contributed by atoms with Crippen molar-refractivity contribution in [2.45, 2.75) is 97.4 Å². The third kappa shape index (κ3) is 4.52. The van der Waals surface area contributed by atoms with Gasteiger partial charge in [0.25, 0.3) is 0 Å². The van der Waals surface area contributed by atoms with E-state index in [0.29, 0.717) is 12.3 Å². The first-order valence-corrected chi connectivity index (χ1v) is 11.7. The topological polar surface area (TPSA) is 54.5 Å². The molecule has 2 unspecified atom stereocenters. The number of aldehydes is 1. The van der Waals surface area contributed by atoms with E-state index in [9.17, 15) is 14.4 Å². The highest BCUT2D eigenvalue weighted by atomic mass is 16.2. The number of carbonyl (C=O) groups excluding carboxylic acids is 3. The zero-order chi connectivity index (χ0) is 20.3. The number of rotatable bonds is 1. The summed E-state index contributed by atoms with van der Waals surface area (Å²) in [6, 6.07) is -0.298. The molecule has 0 bridgehead atoms.